The van der Waals surface area contributed by atoms with Gasteiger partial charge in [0.25, 0.3) is 0 Å². The van der Waals surface area contributed by atoms with Crippen LogP contribution in [-0.2, 0) is 4.74 Å². The van der Waals surface area contributed by atoms with Crippen LogP contribution in [0.2, 0.25) is 5.02 Å². The number of carbonyl (C=O) groups excluding carboxylic acids is 1. The molecular formula is C13H17ClN2O3. The van der Waals surface area contributed by atoms with Gasteiger partial charge in [-0.1, -0.05) is 17.7 Å². The summed E-state index contributed by atoms with van der Waals surface area (Å²) in [6.45, 7) is 3.27. The van der Waals surface area contributed by atoms with Crippen LogP contribution in [0.5, 0.6) is 0 Å². The topological polar surface area (TPSA) is 61.8 Å². The fraction of sp³-hybridized carbons (Fsp3) is 0.462. The molecule has 1 atom stereocenters. The number of halogens is 1. The van der Waals surface area contributed by atoms with Gasteiger partial charge in [-0.25, -0.2) is 4.79 Å². The smallest absolute Gasteiger partial charge is 0.322 e. The average molecular weight is 285 g/mol. The van der Waals surface area contributed by atoms with Gasteiger partial charge in [0.15, 0.2) is 0 Å². The zero-order valence-corrected chi connectivity index (χ0v) is 11.5. The number of nitrogens with zero attached hydrogens (tertiary/aromatic N) is 1. The van der Waals surface area contributed by atoms with Crippen LogP contribution in [0.1, 0.15) is 5.56 Å². The van der Waals surface area contributed by atoms with Crippen LogP contribution < -0.4 is 5.32 Å². The minimum atomic E-state index is -0.645. The molecule has 1 aromatic carbocycles. The Morgan fingerprint density at radius 3 is 3.16 bits per heavy atom. The van der Waals surface area contributed by atoms with Gasteiger partial charge in [0.1, 0.15) is 0 Å². The summed E-state index contributed by atoms with van der Waals surface area (Å²) in [7, 11) is 0. The molecule has 1 saturated heterocycles. The van der Waals surface area contributed by atoms with Crippen molar-refractivity contribution in [2.45, 2.75) is 13.0 Å². The standard InChI is InChI=1S/C13H17ClN2O3/c1-9-11(14)3-2-4-12(9)15-13(18)16-5-6-19-8-10(17)7-16/h2-4,10,17H,5-8H2,1H3,(H,15,18)/t10-/m0/s1. The third kappa shape index (κ3) is 3.59. The monoisotopic (exact) mass is 284 g/mol. The summed E-state index contributed by atoms with van der Waals surface area (Å²) in [5.41, 5.74) is 1.50. The van der Waals surface area contributed by atoms with Crippen molar-refractivity contribution < 1.29 is 14.6 Å². The number of amides is 2. The summed E-state index contributed by atoms with van der Waals surface area (Å²) in [5, 5.41) is 13.0. The minimum Gasteiger partial charge on any atom is -0.389 e. The van der Waals surface area contributed by atoms with E-state index < -0.39 is 6.10 Å². The number of aliphatic hydroxyl groups excluding tert-OH is 1. The van der Waals surface area contributed by atoms with E-state index in [9.17, 15) is 9.90 Å². The Labute approximate surface area is 117 Å². The van der Waals surface area contributed by atoms with Crippen LogP contribution in [-0.4, -0.2) is 48.4 Å². The molecule has 2 rings (SSSR count). The zero-order valence-electron chi connectivity index (χ0n) is 10.7. The molecule has 0 saturated carbocycles. The molecule has 0 radical (unpaired) electrons. The van der Waals surface area contributed by atoms with Gasteiger partial charge in [-0.2, -0.15) is 0 Å². The molecule has 0 spiro atoms. The fourth-order valence-electron chi connectivity index (χ4n) is 1.91. The molecule has 0 aliphatic carbocycles. The largest absolute Gasteiger partial charge is 0.389 e. The lowest BCUT2D eigenvalue weighted by Crippen LogP contribution is -2.40. The van der Waals surface area contributed by atoms with Gasteiger partial charge >= 0.3 is 6.03 Å². The number of nitrogens with one attached hydrogen (secondary N) is 1. The van der Waals surface area contributed by atoms with Crippen molar-refractivity contribution in [3.8, 4) is 0 Å². The van der Waals surface area contributed by atoms with Crippen LogP contribution in [0.25, 0.3) is 0 Å². The summed E-state index contributed by atoms with van der Waals surface area (Å²) in [6.07, 6.45) is -0.645. The van der Waals surface area contributed by atoms with E-state index in [-0.39, 0.29) is 19.2 Å². The average Bonchev–Trinajstić information content (AvgIpc) is 2.60. The molecule has 1 aliphatic heterocycles. The van der Waals surface area contributed by atoms with Gasteiger partial charge in [-0.15, -0.1) is 0 Å². The lowest BCUT2D eigenvalue weighted by atomic mass is 10.2. The summed E-state index contributed by atoms with van der Waals surface area (Å²) < 4.78 is 5.19. The highest BCUT2D eigenvalue weighted by atomic mass is 35.5. The van der Waals surface area contributed by atoms with Gasteiger partial charge in [0.05, 0.1) is 25.9 Å². The van der Waals surface area contributed by atoms with Gasteiger partial charge in [-0.3, -0.25) is 0 Å². The van der Waals surface area contributed by atoms with E-state index in [0.29, 0.717) is 23.9 Å². The predicted octanol–water partition coefficient (Wildman–Crippen LogP) is 1.87. The van der Waals surface area contributed by atoms with E-state index >= 15 is 0 Å². The maximum absolute atomic E-state index is 12.1. The normalized spacial score (nSPS) is 19.9. The molecular weight excluding hydrogens is 268 g/mol. The minimum absolute atomic E-state index is 0.255. The molecule has 2 amide bonds. The number of anilines is 1. The maximum atomic E-state index is 12.1. The summed E-state index contributed by atoms with van der Waals surface area (Å²) in [4.78, 5) is 13.7. The van der Waals surface area contributed by atoms with E-state index in [4.69, 9.17) is 16.3 Å². The Morgan fingerprint density at radius 2 is 2.37 bits per heavy atom. The third-order valence-electron chi connectivity index (χ3n) is 3.04. The molecule has 1 fully saturated rings. The van der Waals surface area contributed by atoms with Gasteiger partial charge in [-0.05, 0) is 24.6 Å². The van der Waals surface area contributed by atoms with Crippen LogP contribution in [0.4, 0.5) is 10.5 Å². The molecule has 0 aromatic heterocycles. The van der Waals surface area contributed by atoms with Crippen molar-refractivity contribution in [2.24, 2.45) is 0 Å². The molecule has 1 aromatic rings. The molecule has 1 heterocycles. The Morgan fingerprint density at radius 1 is 1.58 bits per heavy atom. The second-order valence-electron chi connectivity index (χ2n) is 4.52. The second-order valence-corrected chi connectivity index (χ2v) is 4.92. The molecule has 0 unspecified atom stereocenters. The van der Waals surface area contributed by atoms with E-state index in [1.54, 1.807) is 18.2 Å². The first-order valence-electron chi connectivity index (χ1n) is 6.15. The first-order chi connectivity index (χ1) is 9.08. The predicted molar refractivity (Wildman–Crippen MR) is 73.6 cm³/mol. The van der Waals surface area contributed by atoms with Crippen molar-refractivity contribution in [1.29, 1.82) is 0 Å². The first kappa shape index (κ1) is 14.1. The Bertz CT molecular complexity index is 467. The van der Waals surface area contributed by atoms with Crippen LogP contribution in [0.15, 0.2) is 18.2 Å². The van der Waals surface area contributed by atoms with Crippen LogP contribution in [0.3, 0.4) is 0 Å². The van der Waals surface area contributed by atoms with Crippen molar-refractivity contribution in [3.05, 3.63) is 28.8 Å². The molecule has 2 N–H and O–H groups in total. The van der Waals surface area contributed by atoms with Crippen molar-refractivity contribution in [2.75, 3.05) is 31.6 Å². The highest BCUT2D eigenvalue weighted by Crippen LogP contribution is 2.23. The number of β-amino-alcohol motifs (C(OH)–C–C–N with tert-alkyl or cyclic N) is 1. The van der Waals surface area contributed by atoms with E-state index in [1.165, 1.54) is 4.90 Å². The molecule has 1 aliphatic rings. The molecule has 19 heavy (non-hydrogen) atoms. The summed E-state index contributed by atoms with van der Waals surface area (Å²) in [5.74, 6) is 0. The van der Waals surface area contributed by atoms with E-state index in [1.807, 2.05) is 6.92 Å². The number of aliphatic hydroxyl groups is 1. The van der Waals surface area contributed by atoms with Crippen molar-refractivity contribution in [3.63, 3.8) is 0 Å². The first-order valence-corrected chi connectivity index (χ1v) is 6.52. The number of hydrogen-bond donors (Lipinski definition) is 2. The summed E-state index contributed by atoms with van der Waals surface area (Å²) >= 11 is 6.01. The van der Waals surface area contributed by atoms with E-state index in [2.05, 4.69) is 5.32 Å². The highest BCUT2D eigenvalue weighted by Gasteiger charge is 2.21. The number of urea groups is 1. The van der Waals surface area contributed by atoms with Crippen LogP contribution >= 0.6 is 11.6 Å². The lowest BCUT2D eigenvalue weighted by Gasteiger charge is -2.22. The van der Waals surface area contributed by atoms with Crippen LogP contribution in [0, 0.1) is 6.92 Å². The summed E-state index contributed by atoms with van der Waals surface area (Å²) in [6, 6.07) is 5.10. The SMILES string of the molecule is Cc1c(Cl)cccc1NC(=O)N1CCOC[C@@H](O)C1. The van der Waals surface area contributed by atoms with Crippen molar-refractivity contribution in [1.82, 2.24) is 4.90 Å². The Kier molecular flexibility index (Phi) is 4.63. The maximum Gasteiger partial charge on any atom is 0.322 e. The quantitative estimate of drug-likeness (QED) is 0.828. The number of ether oxygens (including phenoxy) is 1. The lowest BCUT2D eigenvalue weighted by molar-refractivity contribution is 0.0575. The Balaban J connectivity index is 2.05. The van der Waals surface area contributed by atoms with E-state index in [0.717, 1.165) is 5.56 Å². The number of hydrogen-bond acceptors (Lipinski definition) is 3. The highest BCUT2D eigenvalue weighted by molar-refractivity contribution is 6.31. The number of rotatable bonds is 1. The molecule has 6 heteroatoms. The second kappa shape index (κ2) is 6.23. The molecule has 5 nitrogen and oxygen atoms in total. The van der Waals surface area contributed by atoms with Gasteiger partial charge in [0.2, 0.25) is 0 Å². The number of carbonyl (C=O) groups is 1. The van der Waals surface area contributed by atoms with Gasteiger partial charge < -0.3 is 20.1 Å². The molecule has 104 valence electrons. The van der Waals surface area contributed by atoms with Gasteiger partial charge in [0, 0.05) is 17.3 Å². The fourth-order valence-corrected chi connectivity index (χ4v) is 2.09. The molecule has 0 bridgehead atoms. The Hall–Kier alpha value is -1.30. The third-order valence-corrected chi connectivity index (χ3v) is 3.45. The number of benzene rings is 1. The van der Waals surface area contributed by atoms with Crippen molar-refractivity contribution >= 4 is 23.3 Å². The zero-order chi connectivity index (χ0) is 13.8.